The van der Waals surface area contributed by atoms with Crippen LogP contribution in [0.25, 0.3) is 0 Å². The van der Waals surface area contributed by atoms with Crippen LogP contribution in [0.3, 0.4) is 0 Å². The summed E-state index contributed by atoms with van der Waals surface area (Å²) in [5, 5.41) is 0. The van der Waals surface area contributed by atoms with Gasteiger partial charge in [0.05, 0.1) is 25.0 Å². The van der Waals surface area contributed by atoms with Crippen molar-refractivity contribution in [2.45, 2.75) is 53.4 Å². The monoisotopic (exact) mass is 258 g/mol. The molecule has 0 aliphatic carbocycles. The van der Waals surface area contributed by atoms with Crippen molar-refractivity contribution in [3.8, 4) is 0 Å². The van der Waals surface area contributed by atoms with Crippen LogP contribution in [0.4, 0.5) is 0 Å². The van der Waals surface area contributed by atoms with E-state index in [1.165, 1.54) is 0 Å². The van der Waals surface area contributed by atoms with Gasteiger partial charge >= 0.3 is 11.9 Å². The van der Waals surface area contributed by atoms with Gasteiger partial charge in [0.25, 0.3) is 0 Å². The standard InChI is InChI=1S/C14H26O4/c1-5-9-11(13(15)17-7-3)12(10-6-2)14(16)18-8-4/h11-12H,5-10H2,1-4H3/t11-,12+. The molecule has 0 N–H and O–H groups in total. The molecule has 0 rings (SSSR count). The van der Waals surface area contributed by atoms with Crippen molar-refractivity contribution in [3.05, 3.63) is 0 Å². The molecule has 0 aromatic rings. The summed E-state index contributed by atoms with van der Waals surface area (Å²) in [6.45, 7) is 8.25. The van der Waals surface area contributed by atoms with Gasteiger partial charge in [0.2, 0.25) is 0 Å². The van der Waals surface area contributed by atoms with Gasteiger partial charge in [0.15, 0.2) is 0 Å². The molecule has 0 aromatic carbocycles. The van der Waals surface area contributed by atoms with Crippen LogP contribution < -0.4 is 0 Å². The fourth-order valence-electron chi connectivity index (χ4n) is 2.09. The fraction of sp³-hybridized carbons (Fsp3) is 0.857. The molecule has 0 radical (unpaired) electrons. The van der Waals surface area contributed by atoms with Crippen molar-refractivity contribution in [2.75, 3.05) is 13.2 Å². The Kier molecular flexibility index (Phi) is 9.33. The highest BCUT2D eigenvalue weighted by atomic mass is 16.5. The van der Waals surface area contributed by atoms with Crippen molar-refractivity contribution in [3.63, 3.8) is 0 Å². The van der Waals surface area contributed by atoms with Gasteiger partial charge in [-0.1, -0.05) is 26.7 Å². The Morgan fingerprint density at radius 1 is 0.778 bits per heavy atom. The Balaban J connectivity index is 4.84. The van der Waals surface area contributed by atoms with E-state index in [9.17, 15) is 9.59 Å². The predicted octanol–water partition coefficient (Wildman–Crippen LogP) is 2.95. The van der Waals surface area contributed by atoms with E-state index in [1.807, 2.05) is 13.8 Å². The maximum absolute atomic E-state index is 11.9. The first-order chi connectivity index (χ1) is 8.62. The predicted molar refractivity (Wildman–Crippen MR) is 70.1 cm³/mol. The molecule has 0 saturated heterocycles. The number of carbonyl (C=O) groups is 2. The highest BCUT2D eigenvalue weighted by Crippen LogP contribution is 2.25. The van der Waals surface area contributed by atoms with E-state index < -0.39 is 0 Å². The third-order valence-corrected chi connectivity index (χ3v) is 2.86. The summed E-state index contributed by atoms with van der Waals surface area (Å²) in [7, 11) is 0. The summed E-state index contributed by atoms with van der Waals surface area (Å²) in [5.74, 6) is -1.28. The molecule has 0 bridgehead atoms. The van der Waals surface area contributed by atoms with Gasteiger partial charge < -0.3 is 9.47 Å². The molecule has 0 spiro atoms. The van der Waals surface area contributed by atoms with Gasteiger partial charge in [-0.3, -0.25) is 9.59 Å². The van der Waals surface area contributed by atoms with E-state index in [-0.39, 0.29) is 23.8 Å². The SMILES string of the molecule is CCC[C@H](C(=O)OCC)[C@@H](CCC)C(=O)OCC. The fourth-order valence-corrected chi connectivity index (χ4v) is 2.09. The lowest BCUT2D eigenvalue weighted by Gasteiger charge is -2.23. The second-order valence-corrected chi connectivity index (χ2v) is 4.29. The summed E-state index contributed by atoms with van der Waals surface area (Å²) < 4.78 is 10.1. The van der Waals surface area contributed by atoms with Crippen LogP contribution in [0.1, 0.15) is 53.4 Å². The van der Waals surface area contributed by atoms with E-state index in [1.54, 1.807) is 13.8 Å². The minimum atomic E-state index is -0.367. The molecule has 0 amide bonds. The first-order valence-corrected chi connectivity index (χ1v) is 6.95. The molecule has 0 heterocycles. The molecule has 106 valence electrons. The topological polar surface area (TPSA) is 52.6 Å². The number of esters is 2. The largest absolute Gasteiger partial charge is 0.466 e. The van der Waals surface area contributed by atoms with Gasteiger partial charge in [-0.05, 0) is 26.7 Å². The third-order valence-electron chi connectivity index (χ3n) is 2.86. The van der Waals surface area contributed by atoms with Crippen molar-refractivity contribution >= 4 is 11.9 Å². The van der Waals surface area contributed by atoms with E-state index in [4.69, 9.17) is 9.47 Å². The van der Waals surface area contributed by atoms with Crippen molar-refractivity contribution in [1.29, 1.82) is 0 Å². The number of hydrogen-bond acceptors (Lipinski definition) is 4. The molecule has 4 nitrogen and oxygen atoms in total. The number of rotatable bonds is 9. The normalized spacial score (nSPS) is 13.8. The van der Waals surface area contributed by atoms with Crippen molar-refractivity contribution in [1.82, 2.24) is 0 Å². The maximum Gasteiger partial charge on any atom is 0.309 e. The quantitative estimate of drug-likeness (QED) is 0.597. The highest BCUT2D eigenvalue weighted by molar-refractivity contribution is 5.82. The van der Waals surface area contributed by atoms with Gasteiger partial charge in [0, 0.05) is 0 Å². The molecule has 2 atom stereocenters. The molecule has 0 fully saturated rings. The summed E-state index contributed by atoms with van der Waals surface area (Å²) >= 11 is 0. The van der Waals surface area contributed by atoms with Gasteiger partial charge in [-0.25, -0.2) is 0 Å². The summed E-state index contributed by atoms with van der Waals surface area (Å²) in [4.78, 5) is 23.9. The molecule has 0 aliphatic rings. The van der Waals surface area contributed by atoms with Crippen molar-refractivity contribution in [2.24, 2.45) is 11.8 Å². The Morgan fingerprint density at radius 2 is 1.11 bits per heavy atom. The molecule has 0 aliphatic heterocycles. The van der Waals surface area contributed by atoms with Crippen molar-refractivity contribution < 1.29 is 19.1 Å². The zero-order valence-electron chi connectivity index (χ0n) is 12.0. The summed E-state index contributed by atoms with van der Waals surface area (Å²) in [5.41, 5.74) is 0. The van der Waals surface area contributed by atoms with E-state index in [0.29, 0.717) is 26.1 Å². The summed E-state index contributed by atoms with van der Waals surface area (Å²) in [6, 6.07) is 0. The lowest BCUT2D eigenvalue weighted by Crippen LogP contribution is -2.32. The molecule has 0 unspecified atom stereocenters. The molecule has 0 saturated carbocycles. The Labute approximate surface area is 110 Å². The average molecular weight is 258 g/mol. The number of hydrogen-bond donors (Lipinski definition) is 0. The lowest BCUT2D eigenvalue weighted by atomic mass is 9.85. The van der Waals surface area contributed by atoms with Crippen LogP contribution in [0, 0.1) is 11.8 Å². The van der Waals surface area contributed by atoms with Gasteiger partial charge in [-0.15, -0.1) is 0 Å². The van der Waals surface area contributed by atoms with E-state index in [2.05, 4.69) is 0 Å². The second-order valence-electron chi connectivity index (χ2n) is 4.29. The molecule has 18 heavy (non-hydrogen) atoms. The van der Waals surface area contributed by atoms with E-state index >= 15 is 0 Å². The smallest absolute Gasteiger partial charge is 0.309 e. The van der Waals surface area contributed by atoms with Gasteiger partial charge in [-0.2, -0.15) is 0 Å². The van der Waals surface area contributed by atoms with Crippen LogP contribution in [0.15, 0.2) is 0 Å². The Hall–Kier alpha value is -1.06. The van der Waals surface area contributed by atoms with Crippen LogP contribution >= 0.6 is 0 Å². The second kappa shape index (κ2) is 9.92. The molecular weight excluding hydrogens is 232 g/mol. The first-order valence-electron chi connectivity index (χ1n) is 6.95. The van der Waals surface area contributed by atoms with Crippen LogP contribution in [-0.2, 0) is 19.1 Å². The third kappa shape index (κ3) is 5.52. The maximum atomic E-state index is 11.9. The zero-order chi connectivity index (χ0) is 14.0. The number of carbonyl (C=O) groups excluding carboxylic acids is 2. The zero-order valence-corrected chi connectivity index (χ0v) is 12.0. The number of ether oxygens (including phenoxy) is 2. The minimum absolute atomic E-state index is 0.272. The van der Waals surface area contributed by atoms with E-state index in [0.717, 1.165) is 12.8 Å². The van der Waals surface area contributed by atoms with Crippen LogP contribution in [0.2, 0.25) is 0 Å². The minimum Gasteiger partial charge on any atom is -0.466 e. The molecule has 0 aromatic heterocycles. The molecule has 4 heteroatoms. The molecular formula is C14H26O4. The average Bonchev–Trinajstić information content (AvgIpc) is 2.34. The van der Waals surface area contributed by atoms with Crippen LogP contribution in [0.5, 0.6) is 0 Å². The van der Waals surface area contributed by atoms with Crippen LogP contribution in [-0.4, -0.2) is 25.2 Å². The Bertz CT molecular complexity index is 224. The summed E-state index contributed by atoms with van der Waals surface area (Å²) in [6.07, 6.45) is 3.04. The Morgan fingerprint density at radius 3 is 1.33 bits per heavy atom. The highest BCUT2D eigenvalue weighted by Gasteiger charge is 2.34. The lowest BCUT2D eigenvalue weighted by molar-refractivity contribution is -0.161. The first kappa shape index (κ1) is 16.9. The van der Waals surface area contributed by atoms with Gasteiger partial charge in [0.1, 0.15) is 0 Å².